The van der Waals surface area contributed by atoms with Crippen molar-refractivity contribution in [1.82, 2.24) is 20.9 Å². The van der Waals surface area contributed by atoms with Crippen LogP contribution in [-0.2, 0) is 20.9 Å². The maximum Gasteiger partial charge on any atom is 0.239 e. The van der Waals surface area contributed by atoms with E-state index in [1.54, 1.807) is 0 Å². The molecule has 1 atom stereocenters. The molecular formula is C19H28N4O3. The largest absolute Gasteiger partial charge is 0.353 e. The van der Waals surface area contributed by atoms with E-state index in [9.17, 15) is 14.4 Å². The van der Waals surface area contributed by atoms with E-state index >= 15 is 0 Å². The first-order chi connectivity index (χ1) is 12.5. The SMILES string of the molecule is CC(=O)NCC(=O)NCC(=O)NCC1CCCCN1Cc1ccccc1. The summed E-state index contributed by atoms with van der Waals surface area (Å²) in [7, 11) is 0. The predicted octanol–water partition coefficient (Wildman–Crippen LogP) is 0.410. The quantitative estimate of drug-likeness (QED) is 0.626. The minimum Gasteiger partial charge on any atom is -0.353 e. The molecule has 0 aliphatic carbocycles. The van der Waals surface area contributed by atoms with E-state index in [1.807, 2.05) is 18.2 Å². The number of benzene rings is 1. The van der Waals surface area contributed by atoms with Crippen molar-refractivity contribution in [3.05, 3.63) is 35.9 Å². The standard InChI is InChI=1S/C19H28N4O3/c1-15(24)20-12-18(25)22-13-19(26)21-11-17-9-5-6-10-23(17)14-16-7-3-2-4-8-16/h2-4,7-8,17H,5-6,9-14H2,1H3,(H,20,24)(H,21,26)(H,22,25). The highest BCUT2D eigenvalue weighted by molar-refractivity contribution is 5.87. The summed E-state index contributed by atoms with van der Waals surface area (Å²) >= 11 is 0. The number of carbonyl (C=O) groups excluding carboxylic acids is 3. The number of likely N-dealkylation sites (tertiary alicyclic amines) is 1. The van der Waals surface area contributed by atoms with Gasteiger partial charge in [-0.05, 0) is 24.9 Å². The van der Waals surface area contributed by atoms with Gasteiger partial charge < -0.3 is 16.0 Å². The van der Waals surface area contributed by atoms with Crippen molar-refractivity contribution in [2.75, 3.05) is 26.2 Å². The van der Waals surface area contributed by atoms with E-state index in [4.69, 9.17) is 0 Å². The molecule has 0 aromatic heterocycles. The van der Waals surface area contributed by atoms with Crippen LogP contribution in [0.1, 0.15) is 31.7 Å². The Morgan fingerprint density at radius 2 is 1.69 bits per heavy atom. The fourth-order valence-electron chi connectivity index (χ4n) is 3.06. The molecule has 1 fully saturated rings. The van der Waals surface area contributed by atoms with E-state index in [0.29, 0.717) is 12.6 Å². The number of rotatable bonds is 8. The number of nitrogens with one attached hydrogen (secondary N) is 3. The molecule has 1 heterocycles. The van der Waals surface area contributed by atoms with Gasteiger partial charge in [0.15, 0.2) is 0 Å². The minimum absolute atomic E-state index is 0.0795. The van der Waals surface area contributed by atoms with Gasteiger partial charge in [0.1, 0.15) is 0 Å². The summed E-state index contributed by atoms with van der Waals surface area (Å²) in [5, 5.41) is 7.80. The average Bonchev–Trinajstić information content (AvgIpc) is 2.64. The summed E-state index contributed by atoms with van der Waals surface area (Å²) in [5.41, 5.74) is 1.27. The molecule has 26 heavy (non-hydrogen) atoms. The number of hydrogen-bond donors (Lipinski definition) is 3. The summed E-state index contributed by atoms with van der Waals surface area (Å²) in [6.07, 6.45) is 3.40. The van der Waals surface area contributed by atoms with Crippen LogP contribution in [0, 0.1) is 0 Å². The molecular weight excluding hydrogens is 332 g/mol. The second-order valence-electron chi connectivity index (χ2n) is 6.60. The van der Waals surface area contributed by atoms with Crippen molar-refractivity contribution in [2.45, 2.75) is 38.8 Å². The maximum atomic E-state index is 12.0. The van der Waals surface area contributed by atoms with Crippen LogP contribution >= 0.6 is 0 Å². The molecule has 2 rings (SSSR count). The molecule has 1 aliphatic rings. The van der Waals surface area contributed by atoms with Gasteiger partial charge in [-0.1, -0.05) is 36.8 Å². The first kappa shape index (κ1) is 19.9. The van der Waals surface area contributed by atoms with Crippen molar-refractivity contribution in [3.8, 4) is 0 Å². The Kier molecular flexibility index (Phi) is 8.08. The lowest BCUT2D eigenvalue weighted by Gasteiger charge is -2.35. The molecule has 0 spiro atoms. The Balaban J connectivity index is 1.72. The number of carbonyl (C=O) groups is 3. The first-order valence-electron chi connectivity index (χ1n) is 9.10. The lowest BCUT2D eigenvalue weighted by molar-refractivity contribution is -0.127. The van der Waals surface area contributed by atoms with E-state index in [0.717, 1.165) is 19.5 Å². The minimum atomic E-state index is -0.376. The monoisotopic (exact) mass is 360 g/mol. The summed E-state index contributed by atoms with van der Waals surface area (Å²) in [5.74, 6) is -0.870. The van der Waals surface area contributed by atoms with Gasteiger partial charge in [0.05, 0.1) is 13.1 Å². The molecule has 3 amide bonds. The zero-order valence-corrected chi connectivity index (χ0v) is 15.3. The Morgan fingerprint density at radius 1 is 1.00 bits per heavy atom. The number of nitrogens with zero attached hydrogens (tertiary/aromatic N) is 1. The third kappa shape index (κ3) is 7.23. The number of piperidine rings is 1. The number of amides is 3. The fraction of sp³-hybridized carbons (Fsp3) is 0.526. The van der Waals surface area contributed by atoms with Crippen LogP contribution in [0.5, 0.6) is 0 Å². The third-order valence-corrected chi connectivity index (χ3v) is 4.46. The predicted molar refractivity (Wildman–Crippen MR) is 99.2 cm³/mol. The van der Waals surface area contributed by atoms with Crippen LogP contribution in [-0.4, -0.2) is 54.8 Å². The van der Waals surface area contributed by atoms with Crippen LogP contribution in [0.4, 0.5) is 0 Å². The average molecular weight is 360 g/mol. The third-order valence-electron chi connectivity index (χ3n) is 4.46. The molecule has 0 saturated carbocycles. The van der Waals surface area contributed by atoms with Gasteiger partial charge in [-0.15, -0.1) is 0 Å². The van der Waals surface area contributed by atoms with Crippen LogP contribution in [0.25, 0.3) is 0 Å². The lowest BCUT2D eigenvalue weighted by atomic mass is 10.0. The van der Waals surface area contributed by atoms with Crippen molar-refractivity contribution in [1.29, 1.82) is 0 Å². The maximum absolute atomic E-state index is 12.0. The molecule has 0 radical (unpaired) electrons. The normalized spacial score (nSPS) is 17.3. The summed E-state index contributed by atoms with van der Waals surface area (Å²) in [4.78, 5) is 36.6. The summed E-state index contributed by atoms with van der Waals surface area (Å²) in [6.45, 7) is 3.64. The van der Waals surface area contributed by atoms with Crippen LogP contribution in [0.2, 0.25) is 0 Å². The molecule has 142 valence electrons. The summed E-state index contributed by atoms with van der Waals surface area (Å²) < 4.78 is 0. The molecule has 1 aromatic rings. The van der Waals surface area contributed by atoms with Crippen LogP contribution in [0.3, 0.4) is 0 Å². The zero-order chi connectivity index (χ0) is 18.8. The van der Waals surface area contributed by atoms with Gasteiger partial charge in [-0.25, -0.2) is 0 Å². The number of hydrogen-bond acceptors (Lipinski definition) is 4. The smallest absolute Gasteiger partial charge is 0.239 e. The molecule has 7 heteroatoms. The second kappa shape index (κ2) is 10.6. The van der Waals surface area contributed by atoms with Crippen LogP contribution in [0.15, 0.2) is 30.3 Å². The van der Waals surface area contributed by atoms with Gasteiger partial charge in [-0.2, -0.15) is 0 Å². The topological polar surface area (TPSA) is 90.5 Å². The summed E-state index contributed by atoms with van der Waals surface area (Å²) in [6, 6.07) is 10.6. The Labute approximate surface area is 154 Å². The highest BCUT2D eigenvalue weighted by Crippen LogP contribution is 2.19. The van der Waals surface area contributed by atoms with E-state index < -0.39 is 0 Å². The van der Waals surface area contributed by atoms with Gasteiger partial charge in [-0.3, -0.25) is 19.3 Å². The fourth-order valence-corrected chi connectivity index (χ4v) is 3.06. The zero-order valence-electron chi connectivity index (χ0n) is 15.3. The van der Waals surface area contributed by atoms with Crippen molar-refractivity contribution < 1.29 is 14.4 Å². The van der Waals surface area contributed by atoms with E-state index in [-0.39, 0.29) is 30.8 Å². The van der Waals surface area contributed by atoms with Crippen LogP contribution < -0.4 is 16.0 Å². The molecule has 1 unspecified atom stereocenters. The van der Waals surface area contributed by atoms with Crippen molar-refractivity contribution in [3.63, 3.8) is 0 Å². The molecule has 3 N–H and O–H groups in total. The van der Waals surface area contributed by atoms with Gasteiger partial charge in [0.25, 0.3) is 0 Å². The Hall–Kier alpha value is -2.41. The second-order valence-corrected chi connectivity index (χ2v) is 6.60. The highest BCUT2D eigenvalue weighted by atomic mass is 16.2. The highest BCUT2D eigenvalue weighted by Gasteiger charge is 2.22. The van der Waals surface area contributed by atoms with Gasteiger partial charge in [0.2, 0.25) is 17.7 Å². The van der Waals surface area contributed by atoms with Crippen molar-refractivity contribution in [2.24, 2.45) is 0 Å². The van der Waals surface area contributed by atoms with E-state index in [2.05, 4.69) is 33.0 Å². The molecule has 0 bridgehead atoms. The van der Waals surface area contributed by atoms with Crippen molar-refractivity contribution >= 4 is 17.7 Å². The van der Waals surface area contributed by atoms with E-state index in [1.165, 1.54) is 25.3 Å². The molecule has 1 aliphatic heterocycles. The Morgan fingerprint density at radius 3 is 2.42 bits per heavy atom. The lowest BCUT2D eigenvalue weighted by Crippen LogP contribution is -2.48. The van der Waals surface area contributed by atoms with Gasteiger partial charge >= 0.3 is 0 Å². The Bertz CT molecular complexity index is 606. The molecule has 1 aromatic carbocycles. The molecule has 1 saturated heterocycles. The molecule has 7 nitrogen and oxygen atoms in total. The van der Waals surface area contributed by atoms with Gasteiger partial charge in [0, 0.05) is 26.1 Å². The first-order valence-corrected chi connectivity index (χ1v) is 9.10.